The minimum Gasteiger partial charge on any atom is -0.300 e. The third-order valence-electron chi connectivity index (χ3n) is 3.07. The first-order valence-electron chi connectivity index (χ1n) is 6.49. The number of unbranched alkanes of at least 4 members (excludes halogenated alkanes) is 3. The molecule has 1 aromatic carbocycles. The molecule has 3 heteroatoms. The normalized spacial score (nSPS) is 12.7. The molecule has 1 unspecified atom stereocenters. The number of halogens is 2. The van der Waals surface area contributed by atoms with E-state index in [2.05, 4.69) is 6.92 Å². The highest BCUT2D eigenvalue weighted by atomic mass is 19.1. The second kappa shape index (κ2) is 7.38. The lowest BCUT2D eigenvalue weighted by Gasteiger charge is -2.17. The average Bonchev–Trinajstić information content (AvgIpc) is 2.31. The van der Waals surface area contributed by atoms with Crippen molar-refractivity contribution in [1.29, 1.82) is 0 Å². The van der Waals surface area contributed by atoms with Gasteiger partial charge in [-0.1, -0.05) is 19.8 Å². The maximum absolute atomic E-state index is 13.6. The maximum Gasteiger partial charge on any atom is 0.186 e. The van der Waals surface area contributed by atoms with Gasteiger partial charge in [0, 0.05) is 12.1 Å². The van der Waals surface area contributed by atoms with Crippen LogP contribution in [0.1, 0.15) is 39.5 Å². The number of quaternary nitrogens is 1. The predicted octanol–water partition coefficient (Wildman–Crippen LogP) is 3.08. The van der Waals surface area contributed by atoms with E-state index in [1.54, 1.807) is 6.07 Å². The first kappa shape index (κ1) is 14.1. The van der Waals surface area contributed by atoms with Crippen molar-refractivity contribution >= 4 is 5.69 Å². The molecule has 1 N–H and O–H groups in total. The summed E-state index contributed by atoms with van der Waals surface area (Å²) in [6, 6.07) is 3.86. The lowest BCUT2D eigenvalue weighted by atomic mass is 10.2. The van der Waals surface area contributed by atoms with Crippen molar-refractivity contribution in [1.82, 2.24) is 0 Å². The minimum absolute atomic E-state index is 0.433. The van der Waals surface area contributed by atoms with E-state index in [9.17, 15) is 8.78 Å². The van der Waals surface area contributed by atoms with Gasteiger partial charge in [-0.05, 0) is 25.8 Å². The number of nitrogens with one attached hydrogen (secondary N) is 1. The van der Waals surface area contributed by atoms with E-state index in [1.165, 1.54) is 25.3 Å². The van der Waals surface area contributed by atoms with E-state index in [-0.39, 0.29) is 0 Å². The van der Waals surface area contributed by atoms with Crippen molar-refractivity contribution in [3.8, 4) is 0 Å². The predicted molar refractivity (Wildman–Crippen MR) is 66.5 cm³/mol. The average molecular weight is 242 g/mol. The van der Waals surface area contributed by atoms with Gasteiger partial charge in [-0.2, -0.15) is 0 Å². The van der Waals surface area contributed by atoms with Crippen molar-refractivity contribution in [2.24, 2.45) is 0 Å². The topological polar surface area (TPSA) is 4.44 Å². The van der Waals surface area contributed by atoms with Gasteiger partial charge in [0.05, 0.1) is 13.1 Å². The number of benzene rings is 1. The first-order valence-corrected chi connectivity index (χ1v) is 6.49. The molecule has 1 nitrogen and oxygen atoms in total. The van der Waals surface area contributed by atoms with Crippen LogP contribution in [0, 0.1) is 11.6 Å². The summed E-state index contributed by atoms with van der Waals surface area (Å²) >= 11 is 0. The molecule has 0 aliphatic rings. The van der Waals surface area contributed by atoms with Crippen LogP contribution in [0.25, 0.3) is 0 Å². The fraction of sp³-hybridized carbons (Fsp3) is 0.571. The fourth-order valence-corrected chi connectivity index (χ4v) is 2.04. The summed E-state index contributed by atoms with van der Waals surface area (Å²) in [5, 5.41) is 0. The second-order valence-electron chi connectivity index (χ2n) is 4.39. The van der Waals surface area contributed by atoms with Crippen molar-refractivity contribution in [3.05, 3.63) is 29.8 Å². The molecule has 96 valence electrons. The van der Waals surface area contributed by atoms with Crippen LogP contribution in [0.15, 0.2) is 18.2 Å². The molecule has 0 radical (unpaired) electrons. The highest BCUT2D eigenvalue weighted by Crippen LogP contribution is 2.10. The standard InChI is InChI=1S/C14H21F2N/c1-3-5-6-7-10-17(4-2)14-9-8-12(15)11-13(14)16/h8-9,11H,3-7,10H2,1-2H3/p+1. The molecule has 0 heterocycles. The molecule has 0 aliphatic heterocycles. The molecule has 0 amide bonds. The van der Waals surface area contributed by atoms with Crippen LogP contribution in [0.4, 0.5) is 14.5 Å². The lowest BCUT2D eigenvalue weighted by molar-refractivity contribution is -0.832. The zero-order chi connectivity index (χ0) is 12.7. The molecule has 1 rings (SSSR count). The molecule has 0 fully saturated rings. The molecule has 0 spiro atoms. The van der Waals surface area contributed by atoms with Crippen LogP contribution >= 0.6 is 0 Å². The van der Waals surface area contributed by atoms with Gasteiger partial charge in [0.15, 0.2) is 11.5 Å². The number of rotatable bonds is 7. The molecule has 0 aliphatic carbocycles. The van der Waals surface area contributed by atoms with Crippen LogP contribution in [0.3, 0.4) is 0 Å². The Morgan fingerprint density at radius 3 is 2.41 bits per heavy atom. The zero-order valence-electron chi connectivity index (χ0n) is 10.7. The zero-order valence-corrected chi connectivity index (χ0v) is 10.7. The SMILES string of the molecule is CCCCCC[NH+](CC)c1ccc(F)cc1F. The van der Waals surface area contributed by atoms with Crippen molar-refractivity contribution in [2.75, 3.05) is 13.1 Å². The van der Waals surface area contributed by atoms with E-state index < -0.39 is 11.6 Å². The Labute approximate surface area is 102 Å². The maximum atomic E-state index is 13.6. The van der Waals surface area contributed by atoms with Crippen molar-refractivity contribution < 1.29 is 13.7 Å². The molecule has 17 heavy (non-hydrogen) atoms. The highest BCUT2D eigenvalue weighted by molar-refractivity contribution is 5.31. The Hall–Kier alpha value is -0.960. The van der Waals surface area contributed by atoms with Crippen molar-refractivity contribution in [2.45, 2.75) is 39.5 Å². The smallest absolute Gasteiger partial charge is 0.186 e. The molecule has 0 saturated heterocycles. The largest absolute Gasteiger partial charge is 0.300 e. The Bertz CT molecular complexity index is 339. The second-order valence-corrected chi connectivity index (χ2v) is 4.39. The first-order chi connectivity index (χ1) is 8.19. The van der Waals surface area contributed by atoms with Gasteiger partial charge in [-0.25, -0.2) is 8.78 Å². The number of hydrogen-bond acceptors (Lipinski definition) is 0. The van der Waals surface area contributed by atoms with E-state index in [4.69, 9.17) is 0 Å². The van der Waals surface area contributed by atoms with E-state index in [1.807, 2.05) is 6.92 Å². The summed E-state index contributed by atoms with van der Waals surface area (Å²) in [7, 11) is 0. The molecule has 0 bridgehead atoms. The van der Waals surface area contributed by atoms with E-state index in [0.717, 1.165) is 30.5 Å². The van der Waals surface area contributed by atoms with Gasteiger partial charge in [0.1, 0.15) is 5.82 Å². The van der Waals surface area contributed by atoms with Crippen molar-refractivity contribution in [3.63, 3.8) is 0 Å². The van der Waals surface area contributed by atoms with Crippen LogP contribution in [-0.4, -0.2) is 13.1 Å². The summed E-state index contributed by atoms with van der Waals surface area (Å²) in [5.74, 6) is -0.940. The van der Waals surface area contributed by atoms with Crippen LogP contribution < -0.4 is 4.90 Å². The van der Waals surface area contributed by atoms with Crippen LogP contribution in [-0.2, 0) is 0 Å². The summed E-state index contributed by atoms with van der Waals surface area (Å²) in [6.45, 7) is 5.94. The minimum atomic E-state index is -0.507. The van der Waals surface area contributed by atoms with E-state index in [0.29, 0.717) is 5.69 Å². The van der Waals surface area contributed by atoms with E-state index >= 15 is 0 Å². The van der Waals surface area contributed by atoms with Gasteiger partial charge in [-0.15, -0.1) is 0 Å². The molecule has 0 saturated carbocycles. The quantitative estimate of drug-likeness (QED) is 0.701. The summed E-state index contributed by atoms with van der Waals surface area (Å²) in [5.41, 5.74) is 0.588. The highest BCUT2D eigenvalue weighted by Gasteiger charge is 2.15. The third kappa shape index (κ3) is 4.43. The lowest BCUT2D eigenvalue weighted by Crippen LogP contribution is -3.07. The molecule has 1 aromatic rings. The summed E-state index contributed by atoms with van der Waals surface area (Å²) in [6.07, 6.45) is 4.70. The van der Waals surface area contributed by atoms with Gasteiger partial charge in [0.2, 0.25) is 0 Å². The van der Waals surface area contributed by atoms with Crippen LogP contribution in [0.2, 0.25) is 0 Å². The van der Waals surface area contributed by atoms with Gasteiger partial charge < -0.3 is 4.90 Å². The molecule has 0 aromatic heterocycles. The van der Waals surface area contributed by atoms with Gasteiger partial charge in [-0.3, -0.25) is 0 Å². The van der Waals surface area contributed by atoms with Gasteiger partial charge >= 0.3 is 0 Å². The molecular formula is C14H22F2N+. The molecular weight excluding hydrogens is 220 g/mol. The fourth-order valence-electron chi connectivity index (χ4n) is 2.04. The van der Waals surface area contributed by atoms with Gasteiger partial charge in [0.25, 0.3) is 0 Å². The Morgan fingerprint density at radius 2 is 1.82 bits per heavy atom. The monoisotopic (exact) mass is 242 g/mol. The summed E-state index contributed by atoms with van der Waals surface area (Å²) in [4.78, 5) is 1.10. The Kier molecular flexibility index (Phi) is 6.12. The number of hydrogen-bond donors (Lipinski definition) is 1. The third-order valence-corrected chi connectivity index (χ3v) is 3.07. The Balaban J connectivity index is 2.59. The van der Waals surface area contributed by atoms with Crippen LogP contribution in [0.5, 0.6) is 0 Å². The molecule has 1 atom stereocenters. The Morgan fingerprint density at radius 1 is 1.06 bits per heavy atom. The summed E-state index contributed by atoms with van der Waals surface area (Å²) < 4.78 is 26.4.